The molecule has 9 heteroatoms. The summed E-state index contributed by atoms with van der Waals surface area (Å²) >= 11 is 0. The molecular weight excluding hydrogens is 440 g/mol. The van der Waals surface area contributed by atoms with E-state index in [1.165, 1.54) is 12.1 Å². The van der Waals surface area contributed by atoms with E-state index in [1.807, 2.05) is 31.1 Å². The van der Waals surface area contributed by atoms with Gasteiger partial charge in [0.15, 0.2) is 5.82 Å². The second kappa shape index (κ2) is 8.49. The molecule has 0 saturated carbocycles. The number of hydrogen-bond acceptors (Lipinski definition) is 6. The summed E-state index contributed by atoms with van der Waals surface area (Å²) in [5, 5.41) is 0.313. The molecule has 3 N–H and O–H groups in total. The molecule has 0 radical (unpaired) electrons. The SMILES string of the molecule is CN(C)Cc1cc(-c2nc(-c3ccc4c(=O)[nH]cc(F)c4c3)c(N)nc2F)cc2c1OCCC2. The predicted molar refractivity (Wildman–Crippen MR) is 127 cm³/mol. The monoisotopic (exact) mass is 463 g/mol. The Morgan fingerprint density at radius 3 is 2.71 bits per heavy atom. The average Bonchev–Trinajstić information content (AvgIpc) is 2.81. The van der Waals surface area contributed by atoms with Crippen molar-refractivity contribution < 1.29 is 13.5 Å². The van der Waals surface area contributed by atoms with Crippen LogP contribution in [0.4, 0.5) is 14.6 Å². The first kappa shape index (κ1) is 22.0. The molecule has 0 aliphatic carbocycles. The second-order valence-electron chi connectivity index (χ2n) is 8.64. The van der Waals surface area contributed by atoms with Crippen molar-refractivity contribution in [3.63, 3.8) is 0 Å². The van der Waals surface area contributed by atoms with Crippen molar-refractivity contribution in [1.82, 2.24) is 19.9 Å². The van der Waals surface area contributed by atoms with E-state index < -0.39 is 17.3 Å². The van der Waals surface area contributed by atoms with Crippen molar-refractivity contribution in [2.24, 2.45) is 0 Å². The molecule has 0 saturated heterocycles. The molecule has 0 fully saturated rings. The highest BCUT2D eigenvalue weighted by Gasteiger charge is 2.21. The van der Waals surface area contributed by atoms with Gasteiger partial charge >= 0.3 is 0 Å². The Kier molecular flexibility index (Phi) is 5.49. The molecule has 34 heavy (non-hydrogen) atoms. The van der Waals surface area contributed by atoms with Crippen LogP contribution in [-0.4, -0.2) is 40.6 Å². The summed E-state index contributed by atoms with van der Waals surface area (Å²) in [5.74, 6) is -0.672. The minimum absolute atomic E-state index is 0.0454. The van der Waals surface area contributed by atoms with Crippen LogP contribution in [-0.2, 0) is 13.0 Å². The van der Waals surface area contributed by atoms with E-state index in [9.17, 15) is 9.18 Å². The zero-order valence-corrected chi connectivity index (χ0v) is 18.8. The van der Waals surface area contributed by atoms with Gasteiger partial charge in [-0.3, -0.25) is 4.79 Å². The number of halogens is 2. The van der Waals surface area contributed by atoms with Crippen LogP contribution in [0, 0.1) is 11.8 Å². The molecule has 7 nitrogen and oxygen atoms in total. The van der Waals surface area contributed by atoms with Gasteiger partial charge in [0.1, 0.15) is 23.0 Å². The molecule has 3 heterocycles. The first-order valence-electron chi connectivity index (χ1n) is 10.9. The fourth-order valence-corrected chi connectivity index (χ4v) is 4.35. The molecule has 5 rings (SSSR count). The summed E-state index contributed by atoms with van der Waals surface area (Å²) in [6.45, 7) is 1.26. The number of ether oxygens (including phenoxy) is 1. The number of nitrogens with one attached hydrogen (secondary N) is 1. The molecule has 174 valence electrons. The van der Waals surface area contributed by atoms with E-state index in [0.29, 0.717) is 24.3 Å². The van der Waals surface area contributed by atoms with Crippen LogP contribution in [0.5, 0.6) is 5.75 Å². The lowest BCUT2D eigenvalue weighted by Gasteiger charge is -2.23. The van der Waals surface area contributed by atoms with Gasteiger partial charge in [-0.25, -0.2) is 9.37 Å². The minimum Gasteiger partial charge on any atom is -0.493 e. The number of anilines is 1. The van der Waals surface area contributed by atoms with Crippen LogP contribution >= 0.6 is 0 Å². The number of nitrogen functional groups attached to an aromatic ring is 1. The number of nitrogens with zero attached hydrogens (tertiary/aromatic N) is 3. The van der Waals surface area contributed by atoms with Gasteiger partial charge in [0.2, 0.25) is 5.95 Å². The van der Waals surface area contributed by atoms with Gasteiger partial charge in [-0.1, -0.05) is 6.07 Å². The number of aryl methyl sites for hydroxylation is 1. The Morgan fingerprint density at radius 2 is 1.91 bits per heavy atom. The number of fused-ring (bicyclic) bond motifs is 2. The zero-order valence-electron chi connectivity index (χ0n) is 18.8. The van der Waals surface area contributed by atoms with Crippen molar-refractivity contribution >= 4 is 16.6 Å². The van der Waals surface area contributed by atoms with Gasteiger partial charge < -0.3 is 20.4 Å². The van der Waals surface area contributed by atoms with Crippen LogP contribution < -0.4 is 16.0 Å². The largest absolute Gasteiger partial charge is 0.493 e. The topological polar surface area (TPSA) is 97.1 Å². The standard InChI is InChI=1S/C25H23F2N5O2/c1-32(2)12-16-9-15(8-14-4-3-7-34-22(14)16)20-23(27)31-24(28)21(30-20)13-5-6-17-18(10-13)19(26)11-29-25(17)33/h5-6,8-11H,3-4,7,12H2,1-2H3,(H2,28,31)(H,29,33). The highest BCUT2D eigenvalue weighted by Crippen LogP contribution is 2.36. The Hall–Kier alpha value is -3.85. The number of rotatable bonds is 4. The first-order chi connectivity index (χ1) is 16.3. The lowest BCUT2D eigenvalue weighted by molar-refractivity contribution is 0.279. The van der Waals surface area contributed by atoms with Crippen molar-refractivity contribution in [2.75, 3.05) is 26.4 Å². The van der Waals surface area contributed by atoms with E-state index in [0.717, 1.165) is 35.9 Å². The number of aromatic nitrogens is 3. The summed E-state index contributed by atoms with van der Waals surface area (Å²) in [7, 11) is 3.90. The van der Waals surface area contributed by atoms with Gasteiger partial charge in [0.25, 0.3) is 5.56 Å². The third-order valence-corrected chi connectivity index (χ3v) is 5.84. The van der Waals surface area contributed by atoms with Crippen LogP contribution in [0.1, 0.15) is 17.5 Å². The van der Waals surface area contributed by atoms with E-state index in [4.69, 9.17) is 10.5 Å². The van der Waals surface area contributed by atoms with Gasteiger partial charge in [0, 0.05) is 40.2 Å². The van der Waals surface area contributed by atoms with Gasteiger partial charge in [-0.2, -0.15) is 9.37 Å². The van der Waals surface area contributed by atoms with Crippen LogP contribution in [0.2, 0.25) is 0 Å². The summed E-state index contributed by atoms with van der Waals surface area (Å²) < 4.78 is 35.3. The maximum Gasteiger partial charge on any atom is 0.256 e. The molecule has 0 spiro atoms. The predicted octanol–water partition coefficient (Wildman–Crippen LogP) is 3.90. The quantitative estimate of drug-likeness (QED) is 0.477. The molecule has 0 amide bonds. The number of aromatic amines is 1. The molecule has 2 aromatic carbocycles. The lowest BCUT2D eigenvalue weighted by Crippen LogP contribution is -2.16. The molecule has 0 bridgehead atoms. The fourth-order valence-electron chi connectivity index (χ4n) is 4.35. The minimum atomic E-state index is -0.794. The lowest BCUT2D eigenvalue weighted by atomic mass is 9.97. The zero-order chi connectivity index (χ0) is 24.0. The van der Waals surface area contributed by atoms with Crippen LogP contribution in [0.25, 0.3) is 33.3 Å². The number of nitrogens with two attached hydrogens (primary N) is 1. The first-order valence-corrected chi connectivity index (χ1v) is 10.9. The maximum absolute atomic E-state index is 15.0. The van der Waals surface area contributed by atoms with Crippen molar-refractivity contribution in [2.45, 2.75) is 19.4 Å². The summed E-state index contributed by atoms with van der Waals surface area (Å²) in [4.78, 5) is 24.8. The molecule has 0 unspecified atom stereocenters. The molecule has 2 aromatic heterocycles. The van der Waals surface area contributed by atoms with Crippen molar-refractivity contribution in [3.05, 3.63) is 69.8 Å². The van der Waals surface area contributed by atoms with E-state index >= 15 is 4.39 Å². The van der Waals surface area contributed by atoms with Crippen LogP contribution in [0.15, 0.2) is 41.3 Å². The average molecular weight is 463 g/mol. The highest BCUT2D eigenvalue weighted by molar-refractivity contribution is 5.88. The Balaban J connectivity index is 1.68. The van der Waals surface area contributed by atoms with Gasteiger partial charge in [-0.05, 0) is 56.8 Å². The Labute approximate surface area is 194 Å². The van der Waals surface area contributed by atoms with Crippen LogP contribution in [0.3, 0.4) is 0 Å². The summed E-state index contributed by atoms with van der Waals surface area (Å²) in [6.07, 6.45) is 2.70. The van der Waals surface area contributed by atoms with Crippen molar-refractivity contribution in [1.29, 1.82) is 0 Å². The summed E-state index contributed by atoms with van der Waals surface area (Å²) in [6, 6.07) is 8.29. The number of H-pyrrole nitrogens is 1. The molecular formula is C25H23F2N5O2. The fraction of sp³-hybridized carbons (Fsp3) is 0.240. The maximum atomic E-state index is 15.0. The van der Waals surface area contributed by atoms with E-state index in [-0.39, 0.29) is 28.0 Å². The highest BCUT2D eigenvalue weighted by atomic mass is 19.1. The van der Waals surface area contributed by atoms with Gasteiger partial charge in [0.05, 0.1) is 6.61 Å². The molecule has 4 aromatic rings. The van der Waals surface area contributed by atoms with E-state index in [2.05, 4.69) is 15.0 Å². The van der Waals surface area contributed by atoms with Crippen molar-refractivity contribution in [3.8, 4) is 28.3 Å². The molecule has 1 aliphatic rings. The Morgan fingerprint density at radius 1 is 1.09 bits per heavy atom. The molecule has 1 aliphatic heterocycles. The summed E-state index contributed by atoms with van der Waals surface area (Å²) in [5.41, 5.74) is 8.78. The third-order valence-electron chi connectivity index (χ3n) is 5.84. The van der Waals surface area contributed by atoms with Gasteiger partial charge in [-0.15, -0.1) is 0 Å². The Bertz CT molecular complexity index is 1480. The number of pyridine rings is 1. The normalized spacial score (nSPS) is 13.2. The van der Waals surface area contributed by atoms with E-state index in [1.54, 1.807) is 6.07 Å². The third kappa shape index (κ3) is 3.88. The second-order valence-corrected chi connectivity index (χ2v) is 8.64. The number of benzene rings is 2. The number of hydrogen-bond donors (Lipinski definition) is 2. The smallest absolute Gasteiger partial charge is 0.256 e. The molecule has 0 atom stereocenters.